The molecular formula is C12H7Br2FO. The van der Waals surface area contributed by atoms with Gasteiger partial charge in [-0.1, -0.05) is 22.0 Å². The van der Waals surface area contributed by atoms with E-state index >= 15 is 0 Å². The summed E-state index contributed by atoms with van der Waals surface area (Å²) >= 11 is 6.72. The monoisotopic (exact) mass is 344 g/mol. The van der Waals surface area contributed by atoms with Crippen LogP contribution in [-0.4, -0.2) is 0 Å². The predicted molar refractivity (Wildman–Crippen MR) is 68.3 cm³/mol. The summed E-state index contributed by atoms with van der Waals surface area (Å²) in [7, 11) is 0. The van der Waals surface area contributed by atoms with E-state index in [1.807, 2.05) is 12.1 Å². The second-order valence-corrected chi connectivity index (χ2v) is 4.90. The van der Waals surface area contributed by atoms with Gasteiger partial charge in [-0.3, -0.25) is 0 Å². The van der Waals surface area contributed by atoms with Gasteiger partial charge in [-0.2, -0.15) is 0 Å². The molecule has 0 heterocycles. The van der Waals surface area contributed by atoms with E-state index in [1.54, 1.807) is 18.2 Å². The maximum atomic E-state index is 12.9. The molecule has 0 aliphatic heterocycles. The number of hydrogen-bond donors (Lipinski definition) is 0. The van der Waals surface area contributed by atoms with Crippen molar-refractivity contribution in [1.29, 1.82) is 0 Å². The van der Waals surface area contributed by atoms with Crippen LogP contribution in [-0.2, 0) is 0 Å². The highest BCUT2D eigenvalue weighted by atomic mass is 79.9. The van der Waals surface area contributed by atoms with Gasteiger partial charge in [0, 0.05) is 10.5 Å². The molecule has 2 rings (SSSR count). The van der Waals surface area contributed by atoms with Crippen LogP contribution in [0, 0.1) is 5.82 Å². The van der Waals surface area contributed by atoms with Crippen LogP contribution in [0.15, 0.2) is 51.4 Å². The molecule has 0 unspecified atom stereocenters. The predicted octanol–water partition coefficient (Wildman–Crippen LogP) is 5.14. The van der Waals surface area contributed by atoms with Crippen molar-refractivity contribution in [3.8, 4) is 11.5 Å². The molecule has 2 aromatic rings. The van der Waals surface area contributed by atoms with E-state index in [9.17, 15) is 4.39 Å². The molecule has 1 nitrogen and oxygen atoms in total. The first-order valence-corrected chi connectivity index (χ1v) is 6.12. The number of ether oxygens (including phenoxy) is 1. The summed E-state index contributed by atoms with van der Waals surface area (Å²) in [5.41, 5.74) is 0. The minimum absolute atomic E-state index is 0.314. The molecule has 0 saturated carbocycles. The van der Waals surface area contributed by atoms with Gasteiger partial charge < -0.3 is 4.74 Å². The SMILES string of the molecule is Fc1cccc(Oc2ccc(Br)cc2Br)c1. The van der Waals surface area contributed by atoms with Crippen molar-refractivity contribution in [3.05, 3.63) is 57.2 Å². The minimum atomic E-state index is -0.314. The fourth-order valence-electron chi connectivity index (χ4n) is 1.22. The van der Waals surface area contributed by atoms with E-state index in [0.717, 1.165) is 8.95 Å². The third-order valence-electron chi connectivity index (χ3n) is 1.92. The first kappa shape index (κ1) is 11.6. The molecule has 0 N–H and O–H groups in total. The van der Waals surface area contributed by atoms with E-state index in [4.69, 9.17) is 4.74 Å². The minimum Gasteiger partial charge on any atom is -0.456 e. The molecule has 0 fully saturated rings. The maximum absolute atomic E-state index is 12.9. The third-order valence-corrected chi connectivity index (χ3v) is 3.03. The Bertz CT molecular complexity index is 514. The van der Waals surface area contributed by atoms with E-state index in [-0.39, 0.29) is 5.82 Å². The molecular weight excluding hydrogens is 339 g/mol. The summed E-state index contributed by atoms with van der Waals surface area (Å²) in [6, 6.07) is 11.6. The first-order valence-electron chi connectivity index (χ1n) is 4.53. The molecule has 0 saturated heterocycles. The molecule has 4 heteroatoms. The summed E-state index contributed by atoms with van der Waals surface area (Å²) in [5.74, 6) is 0.808. The van der Waals surface area contributed by atoms with Crippen LogP contribution in [0.5, 0.6) is 11.5 Å². The third kappa shape index (κ3) is 2.83. The van der Waals surface area contributed by atoms with Gasteiger partial charge in [-0.15, -0.1) is 0 Å². The zero-order valence-corrected chi connectivity index (χ0v) is 11.3. The Labute approximate surface area is 110 Å². The average Bonchev–Trinajstić information content (AvgIpc) is 2.22. The van der Waals surface area contributed by atoms with Gasteiger partial charge in [0.25, 0.3) is 0 Å². The molecule has 82 valence electrons. The first-order chi connectivity index (χ1) is 7.65. The quantitative estimate of drug-likeness (QED) is 0.732. The molecule has 0 aromatic heterocycles. The molecule has 2 aromatic carbocycles. The Kier molecular flexibility index (Phi) is 3.61. The van der Waals surface area contributed by atoms with Crippen LogP contribution in [0.3, 0.4) is 0 Å². The van der Waals surface area contributed by atoms with Crippen LogP contribution < -0.4 is 4.74 Å². The number of benzene rings is 2. The molecule has 0 aliphatic rings. The highest BCUT2D eigenvalue weighted by Gasteiger charge is 2.03. The van der Waals surface area contributed by atoms with E-state index in [2.05, 4.69) is 31.9 Å². The molecule has 0 spiro atoms. The van der Waals surface area contributed by atoms with Gasteiger partial charge in [0.15, 0.2) is 0 Å². The van der Waals surface area contributed by atoms with Crippen molar-refractivity contribution >= 4 is 31.9 Å². The van der Waals surface area contributed by atoms with Crippen LogP contribution in [0.4, 0.5) is 4.39 Å². The van der Waals surface area contributed by atoms with Gasteiger partial charge >= 0.3 is 0 Å². The topological polar surface area (TPSA) is 9.23 Å². The molecule has 0 atom stereocenters. The van der Waals surface area contributed by atoms with Crippen molar-refractivity contribution in [1.82, 2.24) is 0 Å². The van der Waals surface area contributed by atoms with Crippen LogP contribution in [0.2, 0.25) is 0 Å². The van der Waals surface area contributed by atoms with Crippen molar-refractivity contribution < 1.29 is 9.13 Å². The highest BCUT2D eigenvalue weighted by Crippen LogP contribution is 2.31. The smallest absolute Gasteiger partial charge is 0.141 e. The number of halogens is 3. The normalized spacial score (nSPS) is 10.2. The fourth-order valence-corrected chi connectivity index (χ4v) is 2.34. The van der Waals surface area contributed by atoms with Gasteiger partial charge in [-0.05, 0) is 46.3 Å². The zero-order valence-electron chi connectivity index (χ0n) is 8.08. The van der Waals surface area contributed by atoms with Crippen molar-refractivity contribution in [2.45, 2.75) is 0 Å². The molecule has 0 radical (unpaired) electrons. The summed E-state index contributed by atoms with van der Waals surface area (Å²) in [5, 5.41) is 0. The molecule has 0 bridgehead atoms. The lowest BCUT2D eigenvalue weighted by molar-refractivity contribution is 0.474. The number of hydrogen-bond acceptors (Lipinski definition) is 1. The van der Waals surface area contributed by atoms with Crippen LogP contribution >= 0.6 is 31.9 Å². The second-order valence-electron chi connectivity index (χ2n) is 3.13. The lowest BCUT2D eigenvalue weighted by Crippen LogP contribution is -1.86. The van der Waals surface area contributed by atoms with Gasteiger partial charge in [0.1, 0.15) is 17.3 Å². The fraction of sp³-hybridized carbons (Fsp3) is 0. The Morgan fingerprint density at radius 2 is 1.81 bits per heavy atom. The number of rotatable bonds is 2. The lowest BCUT2D eigenvalue weighted by atomic mass is 10.3. The Balaban J connectivity index is 2.27. The lowest BCUT2D eigenvalue weighted by Gasteiger charge is -2.07. The average molecular weight is 346 g/mol. The summed E-state index contributed by atoms with van der Waals surface area (Å²) < 4.78 is 20.2. The van der Waals surface area contributed by atoms with Gasteiger partial charge in [-0.25, -0.2) is 4.39 Å². The summed E-state index contributed by atoms with van der Waals surface area (Å²) in [6.45, 7) is 0. The second kappa shape index (κ2) is 4.97. The van der Waals surface area contributed by atoms with Crippen molar-refractivity contribution in [2.24, 2.45) is 0 Å². The molecule has 0 amide bonds. The maximum Gasteiger partial charge on any atom is 0.141 e. The standard InChI is InChI=1S/C12H7Br2FO/c13-8-4-5-12(11(14)6-8)16-10-3-1-2-9(15)7-10/h1-7H. The van der Waals surface area contributed by atoms with Crippen molar-refractivity contribution in [2.75, 3.05) is 0 Å². The Morgan fingerprint density at radius 3 is 2.50 bits per heavy atom. The largest absolute Gasteiger partial charge is 0.456 e. The van der Waals surface area contributed by atoms with Gasteiger partial charge in [0.05, 0.1) is 4.47 Å². The summed E-state index contributed by atoms with van der Waals surface area (Å²) in [6.07, 6.45) is 0. The van der Waals surface area contributed by atoms with Gasteiger partial charge in [0.2, 0.25) is 0 Å². The molecule has 0 aliphatic carbocycles. The Morgan fingerprint density at radius 1 is 1.00 bits per heavy atom. The van der Waals surface area contributed by atoms with Crippen LogP contribution in [0.1, 0.15) is 0 Å². The summed E-state index contributed by atoms with van der Waals surface area (Å²) in [4.78, 5) is 0. The molecule has 16 heavy (non-hydrogen) atoms. The van der Waals surface area contributed by atoms with E-state index in [1.165, 1.54) is 12.1 Å². The van der Waals surface area contributed by atoms with Crippen molar-refractivity contribution in [3.63, 3.8) is 0 Å². The Hall–Kier alpha value is -0.870. The highest BCUT2D eigenvalue weighted by molar-refractivity contribution is 9.11. The van der Waals surface area contributed by atoms with Crippen LogP contribution in [0.25, 0.3) is 0 Å². The zero-order chi connectivity index (χ0) is 11.5. The van der Waals surface area contributed by atoms with E-state index in [0.29, 0.717) is 11.5 Å². The van der Waals surface area contributed by atoms with E-state index < -0.39 is 0 Å².